The van der Waals surface area contributed by atoms with Crippen molar-refractivity contribution in [2.75, 3.05) is 0 Å². The third-order valence-corrected chi connectivity index (χ3v) is 5.70. The fraction of sp³-hybridized carbons (Fsp3) is 0.0769. The van der Waals surface area contributed by atoms with E-state index in [1.165, 1.54) is 43.8 Å². The molecule has 0 heterocycles. The van der Waals surface area contributed by atoms with Crippen molar-refractivity contribution in [2.24, 2.45) is 0 Å². The second kappa shape index (κ2) is 5.85. The van der Waals surface area contributed by atoms with Crippen LogP contribution in [0.4, 0.5) is 0 Å². The Kier molecular flexibility index (Phi) is 3.45. The minimum absolute atomic E-state index is 0.328. The molecule has 27 heavy (non-hydrogen) atoms. The monoisotopic (exact) mass is 348 g/mol. The summed E-state index contributed by atoms with van der Waals surface area (Å²) >= 11 is 0. The molecule has 0 aliphatic carbocycles. The van der Waals surface area contributed by atoms with Gasteiger partial charge in [0, 0.05) is 5.39 Å². The van der Waals surface area contributed by atoms with Crippen molar-refractivity contribution >= 4 is 32.3 Å². The molecule has 0 aliphatic heterocycles. The van der Waals surface area contributed by atoms with Crippen LogP contribution in [-0.2, 0) is 0 Å². The fourth-order valence-corrected chi connectivity index (χ4v) is 4.18. The van der Waals surface area contributed by atoms with Gasteiger partial charge in [-0.05, 0) is 81.2 Å². The predicted molar refractivity (Wildman–Crippen MR) is 116 cm³/mol. The maximum Gasteiger partial charge on any atom is 0.123 e. The molecule has 5 aromatic carbocycles. The summed E-state index contributed by atoms with van der Waals surface area (Å²) in [5.74, 6) is 0.328. The molecule has 0 aromatic heterocycles. The summed E-state index contributed by atoms with van der Waals surface area (Å²) in [7, 11) is 0. The molecule has 0 atom stereocenters. The molecule has 0 aliphatic rings. The van der Waals surface area contributed by atoms with E-state index in [1.54, 1.807) is 0 Å². The van der Waals surface area contributed by atoms with Crippen LogP contribution in [-0.4, -0.2) is 5.11 Å². The second-order valence-corrected chi connectivity index (χ2v) is 7.29. The molecule has 0 spiro atoms. The first-order valence-corrected chi connectivity index (χ1v) is 9.27. The molecule has 5 rings (SSSR count). The van der Waals surface area contributed by atoms with Crippen LogP contribution in [0.1, 0.15) is 11.1 Å². The Morgan fingerprint density at radius 2 is 1.26 bits per heavy atom. The average molecular weight is 348 g/mol. The molecule has 0 bridgehead atoms. The lowest BCUT2D eigenvalue weighted by atomic mass is 9.87. The van der Waals surface area contributed by atoms with Crippen molar-refractivity contribution in [1.82, 2.24) is 0 Å². The van der Waals surface area contributed by atoms with Gasteiger partial charge in [-0.3, -0.25) is 0 Å². The van der Waals surface area contributed by atoms with Crippen molar-refractivity contribution in [3.05, 3.63) is 90.0 Å². The molecule has 0 amide bonds. The lowest BCUT2D eigenvalue weighted by Crippen LogP contribution is -1.92. The third-order valence-electron chi connectivity index (χ3n) is 5.70. The quantitative estimate of drug-likeness (QED) is 0.319. The molecule has 0 fully saturated rings. The van der Waals surface area contributed by atoms with E-state index in [0.29, 0.717) is 5.75 Å². The lowest BCUT2D eigenvalue weighted by Gasteiger charge is -2.17. The Balaban J connectivity index is 1.97. The average Bonchev–Trinajstić information content (AvgIpc) is 2.69. The van der Waals surface area contributed by atoms with E-state index in [9.17, 15) is 5.11 Å². The summed E-state index contributed by atoms with van der Waals surface area (Å²) in [4.78, 5) is 0. The smallest absolute Gasteiger partial charge is 0.123 e. The summed E-state index contributed by atoms with van der Waals surface area (Å²) < 4.78 is 0. The van der Waals surface area contributed by atoms with E-state index in [2.05, 4.69) is 62.4 Å². The number of phenolic OH excluding ortho intramolecular Hbond substituents is 1. The largest absolute Gasteiger partial charge is 0.507 e. The van der Waals surface area contributed by atoms with E-state index >= 15 is 0 Å². The maximum atomic E-state index is 10.3. The Labute approximate surface area is 158 Å². The van der Waals surface area contributed by atoms with Gasteiger partial charge >= 0.3 is 0 Å². The molecule has 0 unspecified atom stereocenters. The number of phenols is 1. The fourth-order valence-electron chi connectivity index (χ4n) is 4.18. The van der Waals surface area contributed by atoms with Crippen LogP contribution in [0.15, 0.2) is 78.9 Å². The Bertz CT molecular complexity index is 1350. The Morgan fingerprint density at radius 3 is 2.04 bits per heavy atom. The third kappa shape index (κ3) is 2.39. The van der Waals surface area contributed by atoms with Crippen LogP contribution >= 0.6 is 0 Å². The van der Waals surface area contributed by atoms with Crippen LogP contribution in [0.5, 0.6) is 5.75 Å². The van der Waals surface area contributed by atoms with E-state index in [1.807, 2.05) is 30.3 Å². The summed E-state index contributed by atoms with van der Waals surface area (Å²) in [5, 5.41) is 17.3. The normalized spacial score (nSPS) is 11.5. The molecule has 5 aromatic rings. The zero-order chi connectivity index (χ0) is 18.5. The second-order valence-electron chi connectivity index (χ2n) is 7.29. The van der Waals surface area contributed by atoms with Crippen LogP contribution in [0.2, 0.25) is 0 Å². The predicted octanol–water partition coefficient (Wildman–Crippen LogP) is 7.14. The first-order valence-electron chi connectivity index (χ1n) is 9.27. The van der Waals surface area contributed by atoms with Crippen molar-refractivity contribution in [2.45, 2.75) is 13.8 Å². The van der Waals surface area contributed by atoms with Crippen LogP contribution in [0, 0.1) is 13.8 Å². The Hall–Kier alpha value is -3.32. The van der Waals surface area contributed by atoms with Gasteiger partial charge in [-0.15, -0.1) is 0 Å². The summed E-state index contributed by atoms with van der Waals surface area (Å²) in [6.45, 7) is 4.37. The van der Waals surface area contributed by atoms with Gasteiger partial charge in [0.2, 0.25) is 0 Å². The zero-order valence-corrected chi connectivity index (χ0v) is 15.5. The first-order chi connectivity index (χ1) is 13.1. The zero-order valence-electron chi connectivity index (χ0n) is 15.5. The van der Waals surface area contributed by atoms with Gasteiger partial charge in [0.05, 0.1) is 0 Å². The highest BCUT2D eigenvalue weighted by molar-refractivity contribution is 6.11. The highest BCUT2D eigenvalue weighted by Crippen LogP contribution is 2.41. The van der Waals surface area contributed by atoms with Gasteiger partial charge in [0.25, 0.3) is 0 Å². The van der Waals surface area contributed by atoms with Crippen molar-refractivity contribution in [1.29, 1.82) is 0 Å². The molecule has 130 valence electrons. The molecule has 1 nitrogen and oxygen atoms in total. The minimum Gasteiger partial charge on any atom is -0.507 e. The summed E-state index contributed by atoms with van der Waals surface area (Å²) in [5.41, 5.74) is 5.00. The van der Waals surface area contributed by atoms with E-state index < -0.39 is 0 Å². The van der Waals surface area contributed by atoms with Crippen molar-refractivity contribution in [3.63, 3.8) is 0 Å². The molecule has 1 N–H and O–H groups in total. The highest BCUT2D eigenvalue weighted by atomic mass is 16.3. The van der Waals surface area contributed by atoms with Gasteiger partial charge in [-0.25, -0.2) is 0 Å². The molecule has 1 heteroatoms. The number of hydrogen-bond acceptors (Lipinski definition) is 1. The molecular formula is C26H20O. The number of aromatic hydroxyl groups is 1. The standard InChI is InChI=1S/C26H20O/c1-16-13-20-14-18-7-3-4-8-19(18)15-24(20)26(17(16)2)23-11-12-25(27)22-10-6-5-9-21(22)23/h3-15,27H,1-2H3. The maximum absolute atomic E-state index is 10.3. The van der Waals surface area contributed by atoms with Gasteiger partial charge in [0.1, 0.15) is 5.75 Å². The molecule has 0 saturated carbocycles. The molecular weight excluding hydrogens is 328 g/mol. The van der Waals surface area contributed by atoms with Crippen LogP contribution in [0.25, 0.3) is 43.4 Å². The van der Waals surface area contributed by atoms with Gasteiger partial charge in [-0.1, -0.05) is 60.7 Å². The first kappa shape index (κ1) is 15.9. The van der Waals surface area contributed by atoms with Gasteiger partial charge in [0.15, 0.2) is 0 Å². The number of hydrogen-bond donors (Lipinski definition) is 1. The number of benzene rings is 5. The van der Waals surface area contributed by atoms with E-state index in [0.717, 1.165) is 10.8 Å². The van der Waals surface area contributed by atoms with Gasteiger partial charge in [-0.2, -0.15) is 0 Å². The SMILES string of the molecule is Cc1cc2cc3ccccc3cc2c(-c2ccc(O)c3ccccc23)c1C. The van der Waals surface area contributed by atoms with Crippen LogP contribution < -0.4 is 0 Å². The lowest BCUT2D eigenvalue weighted by molar-refractivity contribution is 0.481. The number of aryl methyl sites for hydroxylation is 1. The molecule has 0 saturated heterocycles. The van der Waals surface area contributed by atoms with Gasteiger partial charge < -0.3 is 5.11 Å². The number of fused-ring (bicyclic) bond motifs is 3. The Morgan fingerprint density at radius 1 is 0.593 bits per heavy atom. The number of rotatable bonds is 1. The van der Waals surface area contributed by atoms with E-state index in [-0.39, 0.29) is 0 Å². The summed E-state index contributed by atoms with van der Waals surface area (Å²) in [6.07, 6.45) is 0. The van der Waals surface area contributed by atoms with Crippen molar-refractivity contribution in [3.8, 4) is 16.9 Å². The van der Waals surface area contributed by atoms with Crippen LogP contribution in [0.3, 0.4) is 0 Å². The minimum atomic E-state index is 0.328. The summed E-state index contributed by atoms with van der Waals surface area (Å²) in [6, 6.07) is 27.3. The van der Waals surface area contributed by atoms with Crippen molar-refractivity contribution < 1.29 is 5.11 Å². The van der Waals surface area contributed by atoms with E-state index in [4.69, 9.17) is 0 Å². The molecule has 0 radical (unpaired) electrons. The topological polar surface area (TPSA) is 20.2 Å². The highest BCUT2D eigenvalue weighted by Gasteiger charge is 2.14.